The average Bonchev–Trinajstić information content (AvgIpc) is 2.59. The maximum Gasteiger partial charge on any atom is 0.262 e. The van der Waals surface area contributed by atoms with E-state index >= 15 is 0 Å². The van der Waals surface area contributed by atoms with Gasteiger partial charge < -0.3 is 19.5 Å². The second-order valence-electron chi connectivity index (χ2n) is 4.98. The first kappa shape index (κ1) is 17.9. The summed E-state index contributed by atoms with van der Waals surface area (Å²) in [4.78, 5) is 12.0. The van der Waals surface area contributed by atoms with Crippen molar-refractivity contribution in [2.45, 2.75) is 13.3 Å². The molecule has 0 bridgehead atoms. The van der Waals surface area contributed by atoms with Gasteiger partial charge in [-0.3, -0.25) is 4.79 Å². The zero-order chi connectivity index (χ0) is 17.4. The molecule has 1 amide bonds. The first-order valence-electron chi connectivity index (χ1n) is 7.62. The molecule has 0 fully saturated rings. The molecule has 0 atom stereocenters. The van der Waals surface area contributed by atoms with E-state index in [1.54, 1.807) is 24.3 Å². The minimum atomic E-state index is -0.290. The normalized spacial score (nSPS) is 10.1. The van der Waals surface area contributed by atoms with Crippen LogP contribution in [0.2, 0.25) is 5.02 Å². The Morgan fingerprint density at radius 2 is 1.79 bits per heavy atom. The van der Waals surface area contributed by atoms with Crippen molar-refractivity contribution < 1.29 is 19.0 Å². The molecule has 0 aliphatic rings. The van der Waals surface area contributed by atoms with Gasteiger partial charge in [0.1, 0.15) is 5.75 Å². The lowest BCUT2D eigenvalue weighted by Gasteiger charge is -2.12. The van der Waals surface area contributed by atoms with Crippen LogP contribution in [0.1, 0.15) is 13.3 Å². The highest BCUT2D eigenvalue weighted by molar-refractivity contribution is 6.32. The fraction of sp³-hybridized carbons (Fsp3) is 0.278. The molecule has 2 aromatic carbocycles. The molecule has 0 unspecified atom stereocenters. The number of hydrogen-bond donors (Lipinski definition) is 1. The minimum Gasteiger partial charge on any atom is -0.495 e. The van der Waals surface area contributed by atoms with Gasteiger partial charge in [-0.25, -0.2) is 0 Å². The number of hydrogen-bond acceptors (Lipinski definition) is 4. The van der Waals surface area contributed by atoms with E-state index in [9.17, 15) is 4.79 Å². The Labute approximate surface area is 146 Å². The quantitative estimate of drug-likeness (QED) is 0.777. The van der Waals surface area contributed by atoms with Gasteiger partial charge in [0.2, 0.25) is 0 Å². The third kappa shape index (κ3) is 5.06. The van der Waals surface area contributed by atoms with E-state index in [4.69, 9.17) is 25.8 Å². The van der Waals surface area contributed by atoms with Gasteiger partial charge in [0.15, 0.2) is 18.1 Å². The van der Waals surface area contributed by atoms with E-state index in [-0.39, 0.29) is 12.5 Å². The van der Waals surface area contributed by atoms with Crippen LogP contribution in [0.4, 0.5) is 5.69 Å². The van der Waals surface area contributed by atoms with Crippen LogP contribution in [0.25, 0.3) is 0 Å². The molecule has 1 N–H and O–H groups in total. The van der Waals surface area contributed by atoms with Crippen molar-refractivity contribution >= 4 is 23.2 Å². The maximum absolute atomic E-state index is 12.0. The van der Waals surface area contributed by atoms with Gasteiger partial charge in [-0.15, -0.1) is 0 Å². The highest BCUT2D eigenvalue weighted by Crippen LogP contribution is 2.28. The third-order valence-electron chi connectivity index (χ3n) is 3.11. The van der Waals surface area contributed by atoms with Gasteiger partial charge >= 0.3 is 0 Å². The van der Waals surface area contributed by atoms with Crippen LogP contribution in [-0.4, -0.2) is 26.2 Å². The van der Waals surface area contributed by atoms with Gasteiger partial charge in [-0.05, 0) is 36.8 Å². The molecule has 0 heterocycles. The summed E-state index contributed by atoms with van der Waals surface area (Å²) in [6.45, 7) is 2.49. The van der Waals surface area contributed by atoms with E-state index in [1.165, 1.54) is 7.11 Å². The zero-order valence-electron chi connectivity index (χ0n) is 13.7. The van der Waals surface area contributed by atoms with Crippen molar-refractivity contribution in [1.82, 2.24) is 0 Å². The maximum atomic E-state index is 12.0. The number of benzene rings is 2. The van der Waals surface area contributed by atoms with Gasteiger partial charge in [0.25, 0.3) is 5.91 Å². The fourth-order valence-corrected chi connectivity index (χ4v) is 2.24. The molecule has 128 valence electrons. The Bertz CT molecular complexity index is 690. The van der Waals surface area contributed by atoms with Crippen LogP contribution in [0.15, 0.2) is 42.5 Å². The number of carbonyl (C=O) groups excluding carboxylic acids is 1. The van der Waals surface area contributed by atoms with Crippen LogP contribution >= 0.6 is 11.6 Å². The molecule has 24 heavy (non-hydrogen) atoms. The van der Waals surface area contributed by atoms with Crippen LogP contribution in [0.5, 0.6) is 17.2 Å². The van der Waals surface area contributed by atoms with Gasteiger partial charge in [0, 0.05) is 5.69 Å². The Morgan fingerprint density at radius 3 is 2.42 bits per heavy atom. The lowest BCUT2D eigenvalue weighted by molar-refractivity contribution is -0.118. The van der Waals surface area contributed by atoms with E-state index in [0.29, 0.717) is 34.6 Å². The highest BCUT2D eigenvalue weighted by Gasteiger charge is 2.09. The summed E-state index contributed by atoms with van der Waals surface area (Å²) in [7, 11) is 1.53. The van der Waals surface area contributed by atoms with Gasteiger partial charge in [0.05, 0.1) is 18.7 Å². The second-order valence-corrected chi connectivity index (χ2v) is 5.39. The number of ether oxygens (including phenoxy) is 3. The summed E-state index contributed by atoms with van der Waals surface area (Å²) in [6, 6.07) is 12.3. The number of carbonyl (C=O) groups is 1. The van der Waals surface area contributed by atoms with Crippen LogP contribution in [0.3, 0.4) is 0 Å². The average molecular weight is 350 g/mol. The standard InChI is InChI=1S/C18H20ClNO4/c1-3-10-23-16-6-4-5-7-17(16)24-12-18(21)20-13-8-9-15(22-2)14(19)11-13/h4-9,11H,3,10,12H2,1-2H3,(H,20,21). The molecule has 0 saturated carbocycles. The predicted molar refractivity (Wildman–Crippen MR) is 94.4 cm³/mol. The summed E-state index contributed by atoms with van der Waals surface area (Å²) >= 11 is 6.03. The Morgan fingerprint density at radius 1 is 1.08 bits per heavy atom. The summed E-state index contributed by atoms with van der Waals surface area (Å²) in [5, 5.41) is 3.15. The van der Waals surface area contributed by atoms with Gasteiger partial charge in [-0.2, -0.15) is 0 Å². The number of halogens is 1. The summed E-state index contributed by atoms with van der Waals surface area (Å²) in [5.41, 5.74) is 0.574. The van der Waals surface area contributed by atoms with E-state index < -0.39 is 0 Å². The molecule has 0 aliphatic heterocycles. The number of para-hydroxylation sites is 2. The number of amides is 1. The van der Waals surface area contributed by atoms with Crippen molar-refractivity contribution in [3.05, 3.63) is 47.5 Å². The van der Waals surface area contributed by atoms with Crippen molar-refractivity contribution in [2.75, 3.05) is 25.6 Å². The first-order chi connectivity index (χ1) is 11.6. The predicted octanol–water partition coefficient (Wildman–Crippen LogP) is 4.15. The van der Waals surface area contributed by atoms with Crippen molar-refractivity contribution in [3.63, 3.8) is 0 Å². The summed E-state index contributed by atoms with van der Waals surface area (Å²) < 4.78 is 16.2. The molecule has 0 saturated heterocycles. The van der Waals surface area contributed by atoms with Crippen molar-refractivity contribution in [1.29, 1.82) is 0 Å². The van der Waals surface area contributed by atoms with Crippen LogP contribution in [0, 0.1) is 0 Å². The molecule has 6 heteroatoms. The largest absolute Gasteiger partial charge is 0.495 e. The molecule has 2 aromatic rings. The SMILES string of the molecule is CCCOc1ccccc1OCC(=O)Nc1ccc(OC)c(Cl)c1. The monoisotopic (exact) mass is 349 g/mol. The Hall–Kier alpha value is -2.40. The smallest absolute Gasteiger partial charge is 0.262 e. The number of nitrogens with one attached hydrogen (secondary N) is 1. The highest BCUT2D eigenvalue weighted by atomic mass is 35.5. The second kappa shape index (κ2) is 9.03. The molecule has 5 nitrogen and oxygen atoms in total. The molecule has 0 aliphatic carbocycles. The molecular weight excluding hydrogens is 330 g/mol. The number of methoxy groups -OCH3 is 1. The van der Waals surface area contributed by atoms with E-state index in [0.717, 1.165) is 6.42 Å². The molecule has 0 radical (unpaired) electrons. The number of rotatable bonds is 8. The Balaban J connectivity index is 1.93. The lowest BCUT2D eigenvalue weighted by atomic mass is 10.3. The van der Waals surface area contributed by atoms with E-state index in [2.05, 4.69) is 5.32 Å². The lowest BCUT2D eigenvalue weighted by Crippen LogP contribution is -2.20. The minimum absolute atomic E-state index is 0.129. The fourth-order valence-electron chi connectivity index (χ4n) is 1.99. The number of anilines is 1. The van der Waals surface area contributed by atoms with Gasteiger partial charge in [-0.1, -0.05) is 30.7 Å². The van der Waals surface area contributed by atoms with Crippen molar-refractivity contribution in [2.24, 2.45) is 0 Å². The van der Waals surface area contributed by atoms with Crippen molar-refractivity contribution in [3.8, 4) is 17.2 Å². The molecule has 0 aromatic heterocycles. The van der Waals surface area contributed by atoms with E-state index in [1.807, 2.05) is 25.1 Å². The molecular formula is C18H20ClNO4. The molecule has 0 spiro atoms. The third-order valence-corrected chi connectivity index (χ3v) is 3.40. The Kier molecular flexibility index (Phi) is 6.75. The molecule has 2 rings (SSSR count). The summed E-state index contributed by atoms with van der Waals surface area (Å²) in [5.74, 6) is 1.42. The first-order valence-corrected chi connectivity index (χ1v) is 8.00. The summed E-state index contributed by atoms with van der Waals surface area (Å²) in [6.07, 6.45) is 0.896. The topological polar surface area (TPSA) is 56.8 Å². The van der Waals surface area contributed by atoms with Crippen LogP contribution < -0.4 is 19.5 Å². The van der Waals surface area contributed by atoms with Crippen LogP contribution in [-0.2, 0) is 4.79 Å². The zero-order valence-corrected chi connectivity index (χ0v) is 14.4.